The summed E-state index contributed by atoms with van der Waals surface area (Å²) in [5.41, 5.74) is 7.85. The minimum atomic E-state index is -1.09. The standard InChI is InChI=1S/C25H30FN5O3/c1-16-2-4-17(5-3-16)24(33)30-14-15-31(25(34)29-21-10-6-18(26)7-11-21)23(30)22(32)28-20-12-8-19(27)9-13-20/h2-7,10-11,19-20,23H,8-9,12-15,27H2,1H3,(H,28,32)(H,29,34). The highest BCUT2D eigenvalue weighted by Crippen LogP contribution is 2.23. The normalized spacial score (nSPS) is 22.4. The third kappa shape index (κ3) is 5.36. The van der Waals surface area contributed by atoms with Crippen LogP contribution >= 0.6 is 0 Å². The molecular formula is C25H30FN5O3. The quantitative estimate of drug-likeness (QED) is 0.643. The molecule has 1 saturated carbocycles. The van der Waals surface area contributed by atoms with E-state index >= 15 is 0 Å². The summed E-state index contributed by atoms with van der Waals surface area (Å²) < 4.78 is 13.2. The number of hydrogen-bond acceptors (Lipinski definition) is 4. The average Bonchev–Trinajstić information content (AvgIpc) is 3.28. The van der Waals surface area contributed by atoms with Gasteiger partial charge in [0.1, 0.15) is 5.82 Å². The molecule has 0 radical (unpaired) electrons. The smallest absolute Gasteiger partial charge is 0.323 e. The Labute approximate surface area is 198 Å². The Hall–Kier alpha value is -3.46. The van der Waals surface area contributed by atoms with Crippen molar-refractivity contribution in [3.63, 3.8) is 0 Å². The lowest BCUT2D eigenvalue weighted by Crippen LogP contribution is -2.56. The molecule has 0 aromatic heterocycles. The third-order valence-corrected chi connectivity index (χ3v) is 6.44. The zero-order valence-electron chi connectivity index (χ0n) is 19.2. The Morgan fingerprint density at radius 3 is 2.18 bits per heavy atom. The molecule has 1 atom stereocenters. The van der Waals surface area contributed by atoms with Gasteiger partial charge < -0.3 is 21.3 Å². The van der Waals surface area contributed by atoms with E-state index in [1.807, 2.05) is 19.1 Å². The van der Waals surface area contributed by atoms with Crippen LogP contribution < -0.4 is 16.4 Å². The van der Waals surface area contributed by atoms with Gasteiger partial charge in [-0.2, -0.15) is 0 Å². The third-order valence-electron chi connectivity index (χ3n) is 6.44. The Morgan fingerprint density at radius 1 is 0.912 bits per heavy atom. The van der Waals surface area contributed by atoms with Crippen molar-refractivity contribution in [1.29, 1.82) is 0 Å². The zero-order valence-corrected chi connectivity index (χ0v) is 19.2. The molecule has 1 unspecified atom stereocenters. The van der Waals surface area contributed by atoms with Crippen molar-refractivity contribution in [2.24, 2.45) is 5.73 Å². The molecule has 1 heterocycles. The molecule has 4 rings (SSSR count). The van der Waals surface area contributed by atoms with Crippen LogP contribution in [0.2, 0.25) is 0 Å². The summed E-state index contributed by atoms with van der Waals surface area (Å²) >= 11 is 0. The first-order valence-electron chi connectivity index (χ1n) is 11.6. The lowest BCUT2D eigenvalue weighted by Gasteiger charge is -2.32. The molecule has 2 aromatic carbocycles. The Morgan fingerprint density at radius 2 is 1.53 bits per heavy atom. The number of rotatable bonds is 4. The number of hydrogen-bond donors (Lipinski definition) is 3. The summed E-state index contributed by atoms with van der Waals surface area (Å²) in [7, 11) is 0. The highest BCUT2D eigenvalue weighted by atomic mass is 19.1. The number of nitrogens with two attached hydrogens (primary N) is 1. The van der Waals surface area contributed by atoms with Gasteiger partial charge in [-0.05, 0) is 69.0 Å². The summed E-state index contributed by atoms with van der Waals surface area (Å²) in [6.07, 6.45) is 2.05. The number of carbonyl (C=O) groups is 3. The SMILES string of the molecule is Cc1ccc(C(=O)N2CCN(C(=O)Nc3ccc(F)cc3)C2C(=O)NC2CCC(N)CC2)cc1. The highest BCUT2D eigenvalue weighted by molar-refractivity contribution is 6.00. The molecule has 1 aliphatic carbocycles. The van der Waals surface area contributed by atoms with Crippen LogP contribution in [0, 0.1) is 12.7 Å². The predicted molar refractivity (Wildman–Crippen MR) is 127 cm³/mol. The maximum Gasteiger partial charge on any atom is 0.323 e. The first kappa shape index (κ1) is 23.7. The number of urea groups is 1. The summed E-state index contributed by atoms with van der Waals surface area (Å²) in [5, 5.41) is 5.72. The van der Waals surface area contributed by atoms with Crippen molar-refractivity contribution in [3.8, 4) is 0 Å². The number of anilines is 1. The molecule has 0 bridgehead atoms. The van der Waals surface area contributed by atoms with E-state index in [2.05, 4.69) is 10.6 Å². The van der Waals surface area contributed by atoms with Crippen LogP contribution in [0.25, 0.3) is 0 Å². The van der Waals surface area contributed by atoms with Crippen LogP contribution in [0.15, 0.2) is 48.5 Å². The van der Waals surface area contributed by atoms with Crippen molar-refractivity contribution in [2.45, 2.75) is 50.9 Å². The van der Waals surface area contributed by atoms with E-state index in [1.54, 1.807) is 12.1 Å². The van der Waals surface area contributed by atoms with Crippen LogP contribution in [0.1, 0.15) is 41.6 Å². The summed E-state index contributed by atoms with van der Waals surface area (Å²) in [5.74, 6) is -1.13. The largest absolute Gasteiger partial charge is 0.350 e. The Kier molecular flexibility index (Phi) is 7.12. The van der Waals surface area contributed by atoms with Gasteiger partial charge in [0, 0.05) is 36.4 Å². The van der Waals surface area contributed by atoms with Crippen LogP contribution in [0.3, 0.4) is 0 Å². The molecule has 2 aromatic rings. The van der Waals surface area contributed by atoms with Crippen LogP contribution in [0.4, 0.5) is 14.9 Å². The van der Waals surface area contributed by atoms with Crippen molar-refractivity contribution in [2.75, 3.05) is 18.4 Å². The van der Waals surface area contributed by atoms with Gasteiger partial charge in [-0.1, -0.05) is 17.7 Å². The molecular weight excluding hydrogens is 437 g/mol. The number of halogens is 1. The van der Waals surface area contributed by atoms with Crippen LogP contribution in [0.5, 0.6) is 0 Å². The second kappa shape index (κ2) is 10.2. The van der Waals surface area contributed by atoms with E-state index in [1.165, 1.54) is 34.1 Å². The number of benzene rings is 2. The number of carbonyl (C=O) groups excluding carboxylic acids is 3. The average molecular weight is 468 g/mol. The first-order valence-corrected chi connectivity index (χ1v) is 11.6. The van der Waals surface area contributed by atoms with Gasteiger partial charge in [-0.3, -0.25) is 14.5 Å². The number of nitrogens with one attached hydrogen (secondary N) is 2. The number of aryl methyl sites for hydroxylation is 1. The van der Waals surface area contributed by atoms with Crippen molar-refractivity contribution in [1.82, 2.24) is 15.1 Å². The van der Waals surface area contributed by atoms with Gasteiger partial charge >= 0.3 is 6.03 Å². The minimum Gasteiger partial charge on any atom is -0.350 e. The maximum absolute atomic E-state index is 13.4. The van der Waals surface area contributed by atoms with Crippen molar-refractivity contribution in [3.05, 3.63) is 65.5 Å². The van der Waals surface area contributed by atoms with Gasteiger partial charge in [-0.25, -0.2) is 9.18 Å². The molecule has 9 heteroatoms. The van der Waals surface area contributed by atoms with Crippen LogP contribution in [-0.2, 0) is 4.79 Å². The first-order chi connectivity index (χ1) is 16.3. The molecule has 1 aliphatic heterocycles. The minimum absolute atomic E-state index is 0.0498. The zero-order chi connectivity index (χ0) is 24.2. The summed E-state index contributed by atoms with van der Waals surface area (Å²) in [6.45, 7) is 2.34. The highest BCUT2D eigenvalue weighted by Gasteiger charge is 2.43. The fourth-order valence-corrected chi connectivity index (χ4v) is 4.47. The van der Waals surface area contributed by atoms with E-state index < -0.39 is 23.9 Å². The van der Waals surface area contributed by atoms with Crippen LogP contribution in [-0.4, -0.2) is 59.0 Å². The van der Waals surface area contributed by atoms with E-state index in [-0.39, 0.29) is 31.1 Å². The summed E-state index contributed by atoms with van der Waals surface area (Å²) in [4.78, 5) is 42.6. The molecule has 4 N–H and O–H groups in total. The fraction of sp³-hybridized carbons (Fsp3) is 0.400. The summed E-state index contributed by atoms with van der Waals surface area (Å²) in [6, 6.07) is 12.0. The van der Waals surface area contributed by atoms with Crippen molar-refractivity contribution >= 4 is 23.5 Å². The van der Waals surface area contributed by atoms with Gasteiger partial charge in [0.05, 0.1) is 0 Å². The molecule has 2 fully saturated rings. The fourth-order valence-electron chi connectivity index (χ4n) is 4.47. The van der Waals surface area contributed by atoms with E-state index in [4.69, 9.17) is 5.73 Å². The van der Waals surface area contributed by atoms with Gasteiger partial charge in [-0.15, -0.1) is 0 Å². The van der Waals surface area contributed by atoms with Crippen molar-refractivity contribution < 1.29 is 18.8 Å². The van der Waals surface area contributed by atoms with E-state index in [0.717, 1.165) is 31.2 Å². The second-order valence-corrected chi connectivity index (χ2v) is 8.99. The maximum atomic E-state index is 13.4. The molecule has 1 saturated heterocycles. The van der Waals surface area contributed by atoms with Gasteiger partial charge in [0.25, 0.3) is 11.8 Å². The number of nitrogens with zero attached hydrogens (tertiary/aromatic N) is 2. The molecule has 34 heavy (non-hydrogen) atoms. The Balaban J connectivity index is 1.54. The Bertz CT molecular complexity index is 1040. The van der Waals surface area contributed by atoms with Gasteiger partial charge in [0.2, 0.25) is 0 Å². The lowest BCUT2D eigenvalue weighted by molar-refractivity contribution is -0.128. The molecule has 2 aliphatic rings. The predicted octanol–water partition coefficient (Wildman–Crippen LogP) is 2.84. The van der Waals surface area contributed by atoms with E-state index in [9.17, 15) is 18.8 Å². The lowest BCUT2D eigenvalue weighted by atomic mass is 9.92. The van der Waals surface area contributed by atoms with Gasteiger partial charge in [0.15, 0.2) is 6.17 Å². The molecule has 8 nitrogen and oxygen atoms in total. The number of amides is 4. The molecule has 4 amide bonds. The second-order valence-electron chi connectivity index (χ2n) is 8.99. The van der Waals surface area contributed by atoms with E-state index in [0.29, 0.717) is 11.3 Å². The topological polar surface area (TPSA) is 108 Å². The monoisotopic (exact) mass is 467 g/mol. The molecule has 180 valence electrons. The molecule has 0 spiro atoms.